The highest BCUT2D eigenvalue weighted by atomic mass is 16.7. The van der Waals surface area contributed by atoms with Crippen LogP contribution in [0.4, 0.5) is 21.0 Å². The van der Waals surface area contributed by atoms with Gasteiger partial charge in [0.25, 0.3) is 5.69 Å². The van der Waals surface area contributed by atoms with Crippen LogP contribution in [-0.4, -0.2) is 244 Å². The van der Waals surface area contributed by atoms with E-state index in [-0.39, 0.29) is 95.6 Å². The molecule has 3 atom stereocenters. The number of carbonyl (C=O) groups is 7. The first-order chi connectivity index (χ1) is 48.2. The van der Waals surface area contributed by atoms with Crippen molar-refractivity contribution < 1.29 is 110 Å². The smallest absolute Gasteiger partial charge is 0.449 e. The summed E-state index contributed by atoms with van der Waals surface area (Å²) in [6, 6.07) is 23.8. The molecule has 0 saturated heterocycles. The number of ether oxygens (including phenoxy) is 15. The van der Waals surface area contributed by atoms with E-state index in [4.69, 9.17) is 71.1 Å². The van der Waals surface area contributed by atoms with Gasteiger partial charge in [-0.1, -0.05) is 60.7 Å². The number of nitro groups is 1. The molecular formula is C68H95N7O24. The van der Waals surface area contributed by atoms with Gasteiger partial charge in [0.15, 0.2) is 0 Å². The van der Waals surface area contributed by atoms with E-state index < -0.39 is 65.5 Å². The summed E-state index contributed by atoms with van der Waals surface area (Å²) in [5, 5.41) is 26.8. The molecule has 0 radical (unpaired) electrons. The fraction of sp³-hybridized carbons (Fsp3) is 0.544. The van der Waals surface area contributed by atoms with Crippen LogP contribution in [0, 0.1) is 10.1 Å². The number of alkyl carbamates (subject to hydrolysis) is 1. The lowest BCUT2D eigenvalue weighted by Gasteiger charge is -2.22. The van der Waals surface area contributed by atoms with E-state index in [9.17, 15) is 43.7 Å². The third kappa shape index (κ3) is 34.8. The SMILES string of the molecule is COCCOCCOCCOCCOCCOCCOCCOCCOCCOCC(=O)NCCCC[C@H](NC(=O)COCCOCCNC(=O)OCC1c2ccccc2-c2ccccc21)C(=O)N[C@@H](C)C(=O)N[C@@H](C)C(=O)Nc1ccc(COC(=O)Oc2ccc([N+](=O)[O-])cc2)cc1. The Balaban J connectivity index is 0.920. The number of anilines is 1. The zero-order valence-electron chi connectivity index (χ0n) is 56.5. The molecule has 6 N–H and O–H groups in total. The van der Waals surface area contributed by atoms with E-state index in [2.05, 4.69) is 44.0 Å². The Morgan fingerprint density at radius 2 is 0.939 bits per heavy atom. The lowest BCUT2D eigenvalue weighted by molar-refractivity contribution is -0.384. The molecule has 99 heavy (non-hydrogen) atoms. The van der Waals surface area contributed by atoms with E-state index in [1.807, 2.05) is 36.4 Å². The van der Waals surface area contributed by atoms with Crippen LogP contribution >= 0.6 is 0 Å². The summed E-state index contributed by atoms with van der Waals surface area (Å²) >= 11 is 0. The number of rotatable bonds is 55. The van der Waals surface area contributed by atoms with E-state index in [0.29, 0.717) is 130 Å². The average molecular weight is 1390 g/mol. The largest absolute Gasteiger partial charge is 0.514 e. The Labute approximate surface area is 575 Å². The van der Waals surface area contributed by atoms with Crippen LogP contribution in [0.25, 0.3) is 11.1 Å². The van der Waals surface area contributed by atoms with Crippen molar-refractivity contribution in [1.29, 1.82) is 0 Å². The predicted molar refractivity (Wildman–Crippen MR) is 357 cm³/mol. The molecule has 31 heteroatoms. The number of amides is 6. The van der Waals surface area contributed by atoms with Crippen molar-refractivity contribution in [3.05, 3.63) is 124 Å². The van der Waals surface area contributed by atoms with Crippen LogP contribution in [0.5, 0.6) is 5.75 Å². The van der Waals surface area contributed by atoms with Gasteiger partial charge in [-0.2, -0.15) is 0 Å². The molecular weight excluding hydrogens is 1300 g/mol. The van der Waals surface area contributed by atoms with Crippen molar-refractivity contribution in [2.75, 3.05) is 184 Å². The summed E-state index contributed by atoms with van der Waals surface area (Å²) in [6.07, 6.45) is -0.745. The first kappa shape index (κ1) is 81.4. The number of hydrogen-bond donors (Lipinski definition) is 6. The normalized spacial score (nSPS) is 12.5. The molecule has 0 saturated carbocycles. The summed E-state index contributed by atoms with van der Waals surface area (Å²) in [5.41, 5.74) is 5.16. The first-order valence-corrected chi connectivity index (χ1v) is 32.8. The molecule has 4 aromatic carbocycles. The molecule has 0 aliphatic heterocycles. The van der Waals surface area contributed by atoms with Crippen LogP contribution < -0.4 is 36.6 Å². The van der Waals surface area contributed by atoms with Gasteiger partial charge in [-0.05, 0) is 85.2 Å². The van der Waals surface area contributed by atoms with Crippen molar-refractivity contribution in [3.63, 3.8) is 0 Å². The third-order valence-corrected chi connectivity index (χ3v) is 14.3. The van der Waals surface area contributed by atoms with Crippen molar-refractivity contribution in [3.8, 4) is 16.9 Å². The summed E-state index contributed by atoms with van der Waals surface area (Å²) in [4.78, 5) is 101. The highest BCUT2D eigenvalue weighted by Crippen LogP contribution is 2.44. The van der Waals surface area contributed by atoms with E-state index in [0.717, 1.165) is 22.3 Å². The molecule has 5 rings (SSSR count). The van der Waals surface area contributed by atoms with E-state index in [1.54, 1.807) is 31.4 Å². The monoisotopic (exact) mass is 1390 g/mol. The van der Waals surface area contributed by atoms with Gasteiger partial charge in [0.2, 0.25) is 29.5 Å². The lowest BCUT2D eigenvalue weighted by atomic mass is 9.98. The third-order valence-electron chi connectivity index (χ3n) is 14.3. The molecule has 0 heterocycles. The maximum atomic E-state index is 13.7. The van der Waals surface area contributed by atoms with Crippen LogP contribution in [0.3, 0.4) is 0 Å². The predicted octanol–water partition coefficient (Wildman–Crippen LogP) is 4.40. The Kier molecular flexibility index (Phi) is 41.2. The second-order valence-electron chi connectivity index (χ2n) is 21.9. The van der Waals surface area contributed by atoms with Crippen molar-refractivity contribution in [2.24, 2.45) is 0 Å². The minimum Gasteiger partial charge on any atom is -0.449 e. The number of nitrogens with one attached hydrogen (secondary N) is 6. The summed E-state index contributed by atoms with van der Waals surface area (Å²) < 4.78 is 80.9. The van der Waals surface area contributed by atoms with Crippen molar-refractivity contribution in [1.82, 2.24) is 26.6 Å². The number of fused-ring (bicyclic) bond motifs is 3. The molecule has 31 nitrogen and oxygen atoms in total. The van der Waals surface area contributed by atoms with Crippen LogP contribution in [-0.2, 0) is 96.9 Å². The molecule has 0 bridgehead atoms. The second kappa shape index (κ2) is 50.1. The number of hydrogen-bond acceptors (Lipinski definition) is 24. The highest BCUT2D eigenvalue weighted by Gasteiger charge is 2.30. The van der Waals surface area contributed by atoms with Gasteiger partial charge in [-0.3, -0.25) is 34.1 Å². The molecule has 0 fully saturated rings. The van der Waals surface area contributed by atoms with E-state index >= 15 is 0 Å². The Hall–Kier alpha value is -8.31. The van der Waals surface area contributed by atoms with Gasteiger partial charge in [-0.25, -0.2) is 9.59 Å². The molecule has 0 spiro atoms. The Morgan fingerprint density at radius 1 is 0.475 bits per heavy atom. The van der Waals surface area contributed by atoms with Gasteiger partial charge < -0.3 is 103 Å². The van der Waals surface area contributed by atoms with Gasteiger partial charge in [0, 0.05) is 43.9 Å². The fourth-order valence-electron chi connectivity index (χ4n) is 9.21. The molecule has 1 aliphatic carbocycles. The van der Waals surface area contributed by atoms with Gasteiger partial charge in [0.1, 0.15) is 50.3 Å². The molecule has 0 aromatic heterocycles. The number of nitrogens with zero attached hydrogens (tertiary/aromatic N) is 1. The highest BCUT2D eigenvalue weighted by molar-refractivity contribution is 5.98. The summed E-state index contributed by atoms with van der Waals surface area (Å²) in [5.74, 6) is -3.01. The fourth-order valence-corrected chi connectivity index (χ4v) is 9.21. The number of non-ortho nitro benzene ring substituents is 1. The van der Waals surface area contributed by atoms with Crippen LogP contribution in [0.1, 0.15) is 55.7 Å². The number of methoxy groups -OCH3 is 1. The molecule has 4 aromatic rings. The van der Waals surface area contributed by atoms with Crippen molar-refractivity contribution in [2.45, 2.75) is 63.8 Å². The Bertz CT molecular complexity index is 2960. The standard InChI is InChI=1S/C68H95N7O24/c1-50(64(78)71-51(2)65(79)73-53-17-15-52(16-18-53)46-98-68(82)99-55-21-19-54(20-22-55)75(83)84)72-66(80)61(74-63(77)49-96-44-42-86-25-24-70-67(81)97-47-60-58-12-6-4-10-56(58)57-11-5-7-13-59(57)60)14-8-9-23-69-62(76)48-95-45-43-94-41-40-93-39-38-92-37-36-91-35-34-90-33-32-89-31-30-88-29-28-87-27-26-85-3/h4-7,10-13,15-22,50-51,60-61H,8-9,14,23-49H2,1-3H3,(H,69,76)(H,70,81)(H,71,78)(H,72,80)(H,73,79)(H,74,77)/t50-,51-,61-/m0/s1. The van der Waals surface area contributed by atoms with E-state index in [1.165, 1.54) is 38.1 Å². The minimum absolute atomic E-state index is 0.00934. The van der Waals surface area contributed by atoms with Crippen LogP contribution in [0.2, 0.25) is 0 Å². The minimum atomic E-state index is -1.16. The molecule has 0 unspecified atom stereocenters. The van der Waals surface area contributed by atoms with Gasteiger partial charge in [-0.15, -0.1) is 0 Å². The zero-order chi connectivity index (χ0) is 70.9. The van der Waals surface area contributed by atoms with Crippen LogP contribution in [0.15, 0.2) is 97.1 Å². The first-order valence-electron chi connectivity index (χ1n) is 32.8. The number of benzene rings is 4. The topological polar surface area (TPSA) is 373 Å². The zero-order valence-corrected chi connectivity index (χ0v) is 56.5. The molecule has 546 valence electrons. The average Bonchev–Trinajstić information content (AvgIpc) is 1.62. The second-order valence-corrected chi connectivity index (χ2v) is 21.9. The van der Waals surface area contributed by atoms with Crippen molar-refractivity contribution >= 4 is 53.2 Å². The van der Waals surface area contributed by atoms with Gasteiger partial charge in [0.05, 0.1) is 144 Å². The number of unbranched alkanes of at least 4 members (excludes halogenated alkanes) is 1. The molecule has 1 aliphatic rings. The maximum absolute atomic E-state index is 13.7. The number of nitro benzene ring substituents is 1. The number of carbonyl (C=O) groups excluding carboxylic acids is 7. The Morgan fingerprint density at radius 3 is 1.45 bits per heavy atom. The lowest BCUT2D eigenvalue weighted by Crippen LogP contribution is -2.55. The van der Waals surface area contributed by atoms with Gasteiger partial charge >= 0.3 is 12.2 Å². The summed E-state index contributed by atoms with van der Waals surface area (Å²) in [6.45, 7) is 10.4. The maximum Gasteiger partial charge on any atom is 0.514 e. The molecule has 6 amide bonds. The quantitative estimate of drug-likeness (QED) is 0.0117. The summed E-state index contributed by atoms with van der Waals surface area (Å²) in [7, 11) is 1.63.